The second-order valence-electron chi connectivity index (χ2n) is 7.33. The largest absolute Gasteiger partial charge is 0.444 e. The van der Waals surface area contributed by atoms with Crippen molar-refractivity contribution in [3.8, 4) is 0 Å². The van der Waals surface area contributed by atoms with Gasteiger partial charge in [0.15, 0.2) is 11.0 Å². The van der Waals surface area contributed by atoms with Crippen molar-refractivity contribution < 1.29 is 9.53 Å². The summed E-state index contributed by atoms with van der Waals surface area (Å²) in [4.78, 5) is 16.3. The number of benzene rings is 1. The molecule has 6 nitrogen and oxygen atoms in total. The maximum absolute atomic E-state index is 12.4. The van der Waals surface area contributed by atoms with Crippen molar-refractivity contribution in [2.24, 2.45) is 0 Å². The standard InChI is InChI=1S/C18H23ClN4O2/c1-12-11-22(9-10-23(12)17(24)25-18(2,3)4)16-14-8-6-5-7-13(14)15(19)20-21-16/h5-8,12H,9-11H2,1-4H3/t12-/m0/s1. The van der Waals surface area contributed by atoms with Crippen LogP contribution in [0.5, 0.6) is 0 Å². The number of aromatic nitrogens is 2. The number of ether oxygens (including phenoxy) is 1. The van der Waals surface area contributed by atoms with Crippen LogP contribution in [0.3, 0.4) is 0 Å². The SMILES string of the molecule is C[C@H]1CN(c2nnc(Cl)c3ccccc23)CCN1C(=O)OC(C)(C)C. The molecule has 1 aliphatic heterocycles. The minimum atomic E-state index is -0.494. The summed E-state index contributed by atoms with van der Waals surface area (Å²) in [5, 5.41) is 10.6. The topological polar surface area (TPSA) is 58.6 Å². The molecule has 1 fully saturated rings. The summed E-state index contributed by atoms with van der Waals surface area (Å²) in [6, 6.07) is 7.85. The molecule has 7 heteroatoms. The van der Waals surface area contributed by atoms with Gasteiger partial charge in [0, 0.05) is 36.4 Å². The fraction of sp³-hybridized carbons (Fsp3) is 0.500. The van der Waals surface area contributed by atoms with E-state index in [1.54, 1.807) is 4.90 Å². The van der Waals surface area contributed by atoms with Gasteiger partial charge in [0.2, 0.25) is 0 Å². The Kier molecular flexibility index (Phi) is 4.73. The third-order valence-electron chi connectivity index (χ3n) is 4.18. The highest BCUT2D eigenvalue weighted by atomic mass is 35.5. The molecular weight excluding hydrogens is 340 g/mol. The molecule has 1 aromatic heterocycles. The Labute approximate surface area is 152 Å². The van der Waals surface area contributed by atoms with Gasteiger partial charge >= 0.3 is 6.09 Å². The molecule has 1 aromatic carbocycles. The minimum Gasteiger partial charge on any atom is -0.444 e. The fourth-order valence-electron chi connectivity index (χ4n) is 3.03. The zero-order valence-electron chi connectivity index (χ0n) is 15.0. The number of carbonyl (C=O) groups excluding carboxylic acids is 1. The average Bonchev–Trinajstić information content (AvgIpc) is 2.53. The van der Waals surface area contributed by atoms with Crippen LogP contribution in [-0.2, 0) is 4.74 Å². The number of rotatable bonds is 1. The molecule has 0 unspecified atom stereocenters. The van der Waals surface area contributed by atoms with Crippen molar-refractivity contribution in [1.29, 1.82) is 0 Å². The van der Waals surface area contributed by atoms with Gasteiger partial charge in [-0.2, -0.15) is 0 Å². The Morgan fingerprint density at radius 3 is 2.52 bits per heavy atom. The molecule has 0 radical (unpaired) electrons. The maximum atomic E-state index is 12.4. The Morgan fingerprint density at radius 2 is 1.88 bits per heavy atom. The highest BCUT2D eigenvalue weighted by molar-refractivity contribution is 6.34. The minimum absolute atomic E-state index is 0.0137. The van der Waals surface area contributed by atoms with Gasteiger partial charge in [-0.25, -0.2) is 4.79 Å². The molecule has 0 aliphatic carbocycles. The van der Waals surface area contributed by atoms with Gasteiger partial charge in [-0.15, -0.1) is 10.2 Å². The van der Waals surface area contributed by atoms with E-state index < -0.39 is 5.60 Å². The van der Waals surface area contributed by atoms with E-state index in [-0.39, 0.29) is 12.1 Å². The molecule has 1 amide bonds. The van der Waals surface area contributed by atoms with Crippen molar-refractivity contribution >= 4 is 34.3 Å². The molecular formula is C18H23ClN4O2. The van der Waals surface area contributed by atoms with Gasteiger partial charge < -0.3 is 14.5 Å². The number of carbonyl (C=O) groups is 1. The summed E-state index contributed by atoms with van der Waals surface area (Å²) in [5.74, 6) is 0.802. The normalized spacial score (nSPS) is 18.5. The lowest BCUT2D eigenvalue weighted by Gasteiger charge is -2.40. The molecule has 1 aliphatic rings. The van der Waals surface area contributed by atoms with E-state index in [1.807, 2.05) is 52.0 Å². The number of hydrogen-bond acceptors (Lipinski definition) is 5. The van der Waals surface area contributed by atoms with Crippen molar-refractivity contribution in [3.05, 3.63) is 29.4 Å². The number of amides is 1. The molecule has 2 aromatic rings. The first-order chi connectivity index (χ1) is 11.8. The number of piperazine rings is 1. The zero-order valence-corrected chi connectivity index (χ0v) is 15.7. The molecule has 1 atom stereocenters. The van der Waals surface area contributed by atoms with E-state index in [1.165, 1.54) is 0 Å². The second-order valence-corrected chi connectivity index (χ2v) is 7.69. The summed E-state index contributed by atoms with van der Waals surface area (Å²) < 4.78 is 5.50. The summed E-state index contributed by atoms with van der Waals surface area (Å²) >= 11 is 6.16. The first-order valence-corrected chi connectivity index (χ1v) is 8.79. The van der Waals surface area contributed by atoms with E-state index in [9.17, 15) is 4.79 Å². The summed E-state index contributed by atoms with van der Waals surface area (Å²) in [5.41, 5.74) is -0.494. The highest BCUT2D eigenvalue weighted by Gasteiger charge is 2.32. The lowest BCUT2D eigenvalue weighted by Crippen LogP contribution is -2.55. The molecule has 1 saturated heterocycles. The maximum Gasteiger partial charge on any atom is 0.410 e. The van der Waals surface area contributed by atoms with Crippen LogP contribution in [0, 0.1) is 0 Å². The molecule has 0 spiro atoms. The van der Waals surface area contributed by atoms with Gasteiger partial charge in [0.05, 0.1) is 0 Å². The predicted molar refractivity (Wildman–Crippen MR) is 99.2 cm³/mol. The first-order valence-electron chi connectivity index (χ1n) is 8.42. The fourth-order valence-corrected chi connectivity index (χ4v) is 3.23. The monoisotopic (exact) mass is 362 g/mol. The van der Waals surface area contributed by atoms with Crippen molar-refractivity contribution in [1.82, 2.24) is 15.1 Å². The average molecular weight is 363 g/mol. The van der Waals surface area contributed by atoms with Crippen LogP contribution >= 0.6 is 11.6 Å². The zero-order chi connectivity index (χ0) is 18.2. The molecule has 0 bridgehead atoms. The van der Waals surface area contributed by atoms with Crippen LogP contribution in [0.1, 0.15) is 27.7 Å². The van der Waals surface area contributed by atoms with Crippen LogP contribution in [0.15, 0.2) is 24.3 Å². The van der Waals surface area contributed by atoms with E-state index in [0.717, 1.165) is 16.6 Å². The van der Waals surface area contributed by atoms with E-state index in [4.69, 9.17) is 16.3 Å². The number of nitrogens with zero attached hydrogens (tertiary/aromatic N) is 4. The van der Waals surface area contributed by atoms with Crippen LogP contribution < -0.4 is 4.90 Å². The van der Waals surface area contributed by atoms with Crippen LogP contribution in [0.25, 0.3) is 10.8 Å². The molecule has 134 valence electrons. The Bertz CT molecular complexity index is 790. The van der Waals surface area contributed by atoms with E-state index >= 15 is 0 Å². The Hall–Kier alpha value is -2.08. The van der Waals surface area contributed by atoms with Gasteiger partial charge in [-0.1, -0.05) is 35.9 Å². The third-order valence-corrected chi connectivity index (χ3v) is 4.46. The number of anilines is 1. The van der Waals surface area contributed by atoms with Gasteiger partial charge in [-0.05, 0) is 27.7 Å². The van der Waals surface area contributed by atoms with Gasteiger partial charge in [0.25, 0.3) is 0 Å². The van der Waals surface area contributed by atoms with Crippen LogP contribution in [0.2, 0.25) is 5.15 Å². The molecule has 0 N–H and O–H groups in total. The summed E-state index contributed by atoms with van der Waals surface area (Å²) in [6.07, 6.45) is -0.272. The van der Waals surface area contributed by atoms with Crippen LogP contribution in [-0.4, -0.2) is 52.5 Å². The number of hydrogen-bond donors (Lipinski definition) is 0. The second kappa shape index (κ2) is 6.67. The first kappa shape index (κ1) is 17.7. The van der Waals surface area contributed by atoms with Crippen LogP contribution in [0.4, 0.5) is 10.6 Å². The molecule has 25 heavy (non-hydrogen) atoms. The predicted octanol–water partition coefficient (Wildman–Crippen LogP) is 3.73. The number of fused-ring (bicyclic) bond motifs is 1. The lowest BCUT2D eigenvalue weighted by atomic mass is 10.1. The van der Waals surface area contributed by atoms with Gasteiger partial charge in [0.1, 0.15) is 5.60 Å². The summed E-state index contributed by atoms with van der Waals surface area (Å²) in [6.45, 7) is 9.56. The smallest absolute Gasteiger partial charge is 0.410 e. The van der Waals surface area contributed by atoms with Crippen molar-refractivity contribution in [2.45, 2.75) is 39.3 Å². The number of halogens is 1. The lowest BCUT2D eigenvalue weighted by molar-refractivity contribution is 0.0159. The highest BCUT2D eigenvalue weighted by Crippen LogP contribution is 2.29. The summed E-state index contributed by atoms with van der Waals surface area (Å²) in [7, 11) is 0. The van der Waals surface area contributed by atoms with E-state index in [0.29, 0.717) is 24.8 Å². The Balaban J connectivity index is 1.80. The molecule has 2 heterocycles. The quantitative estimate of drug-likeness (QED) is 0.773. The molecule has 3 rings (SSSR count). The van der Waals surface area contributed by atoms with Gasteiger partial charge in [-0.3, -0.25) is 0 Å². The molecule has 0 saturated carbocycles. The van der Waals surface area contributed by atoms with Crippen molar-refractivity contribution in [2.75, 3.05) is 24.5 Å². The Morgan fingerprint density at radius 1 is 1.20 bits per heavy atom. The van der Waals surface area contributed by atoms with E-state index in [2.05, 4.69) is 15.1 Å². The third kappa shape index (κ3) is 3.79. The van der Waals surface area contributed by atoms with Crippen molar-refractivity contribution in [3.63, 3.8) is 0 Å².